The van der Waals surface area contributed by atoms with Crippen molar-refractivity contribution in [3.63, 3.8) is 0 Å². The van der Waals surface area contributed by atoms with E-state index in [-0.39, 0.29) is 12.1 Å². The molecule has 0 saturated carbocycles. The molecule has 2 N–H and O–H groups in total. The number of nitrogens with one attached hydrogen (secondary N) is 1. The highest BCUT2D eigenvalue weighted by Crippen LogP contribution is 2.30. The summed E-state index contributed by atoms with van der Waals surface area (Å²) in [5, 5.41) is 10.2. The van der Waals surface area contributed by atoms with Gasteiger partial charge >= 0.3 is 5.97 Å². The SMILES string of the molecule is CS(=O)(=O)NCc1c(-c2ccccc2)nc2ccccc2c1C(=O)O. The molecule has 25 heavy (non-hydrogen) atoms. The molecule has 0 amide bonds. The summed E-state index contributed by atoms with van der Waals surface area (Å²) < 4.78 is 25.4. The number of sulfonamides is 1. The molecule has 0 aliphatic heterocycles. The van der Waals surface area contributed by atoms with Gasteiger partial charge in [0.05, 0.1) is 23.0 Å². The van der Waals surface area contributed by atoms with E-state index in [9.17, 15) is 18.3 Å². The predicted molar refractivity (Wildman–Crippen MR) is 95.8 cm³/mol. The van der Waals surface area contributed by atoms with Gasteiger partial charge < -0.3 is 5.11 Å². The van der Waals surface area contributed by atoms with Crippen LogP contribution in [0.5, 0.6) is 0 Å². The van der Waals surface area contributed by atoms with Crippen LogP contribution in [0.4, 0.5) is 0 Å². The number of carbonyl (C=O) groups is 1. The van der Waals surface area contributed by atoms with Crippen molar-refractivity contribution >= 4 is 26.9 Å². The van der Waals surface area contributed by atoms with Gasteiger partial charge in [0.1, 0.15) is 0 Å². The topological polar surface area (TPSA) is 96.4 Å². The predicted octanol–water partition coefficient (Wildman–Crippen LogP) is 2.65. The molecule has 0 radical (unpaired) electrons. The molecular weight excluding hydrogens is 340 g/mol. The highest BCUT2D eigenvalue weighted by Gasteiger charge is 2.21. The first-order valence-electron chi connectivity index (χ1n) is 7.52. The number of benzene rings is 2. The van der Waals surface area contributed by atoms with E-state index in [1.165, 1.54) is 0 Å². The summed E-state index contributed by atoms with van der Waals surface area (Å²) >= 11 is 0. The van der Waals surface area contributed by atoms with Crippen molar-refractivity contribution in [1.82, 2.24) is 9.71 Å². The summed E-state index contributed by atoms with van der Waals surface area (Å²) in [7, 11) is -3.49. The van der Waals surface area contributed by atoms with Crippen molar-refractivity contribution in [2.45, 2.75) is 6.54 Å². The highest BCUT2D eigenvalue weighted by atomic mass is 32.2. The lowest BCUT2D eigenvalue weighted by molar-refractivity contribution is 0.0697. The van der Waals surface area contributed by atoms with Gasteiger partial charge in [-0.25, -0.2) is 22.9 Å². The Morgan fingerprint density at radius 1 is 1.08 bits per heavy atom. The van der Waals surface area contributed by atoms with E-state index in [1.54, 1.807) is 24.3 Å². The van der Waals surface area contributed by atoms with Crippen LogP contribution in [0, 0.1) is 0 Å². The van der Waals surface area contributed by atoms with E-state index in [0.717, 1.165) is 11.8 Å². The van der Waals surface area contributed by atoms with Gasteiger partial charge in [0.25, 0.3) is 0 Å². The number of fused-ring (bicyclic) bond motifs is 1. The first-order chi connectivity index (χ1) is 11.9. The fourth-order valence-corrected chi connectivity index (χ4v) is 3.11. The van der Waals surface area contributed by atoms with Crippen LogP contribution in [-0.2, 0) is 16.6 Å². The smallest absolute Gasteiger partial charge is 0.336 e. The zero-order valence-corrected chi connectivity index (χ0v) is 14.2. The van der Waals surface area contributed by atoms with Gasteiger partial charge in [0.15, 0.2) is 0 Å². The van der Waals surface area contributed by atoms with Gasteiger partial charge in [-0.2, -0.15) is 0 Å². The molecule has 3 aromatic rings. The first kappa shape index (κ1) is 17.1. The number of aromatic nitrogens is 1. The van der Waals surface area contributed by atoms with E-state index in [2.05, 4.69) is 9.71 Å². The molecule has 0 fully saturated rings. The van der Waals surface area contributed by atoms with Gasteiger partial charge in [-0.1, -0.05) is 48.5 Å². The molecule has 2 aromatic carbocycles. The Hall–Kier alpha value is -2.77. The second-order valence-corrected chi connectivity index (χ2v) is 7.43. The number of hydrogen-bond acceptors (Lipinski definition) is 4. The van der Waals surface area contributed by atoms with Gasteiger partial charge in [0, 0.05) is 23.1 Å². The van der Waals surface area contributed by atoms with Gasteiger partial charge in [0.2, 0.25) is 10.0 Å². The number of nitrogens with zero attached hydrogens (tertiary/aromatic N) is 1. The van der Waals surface area contributed by atoms with Crippen LogP contribution < -0.4 is 4.72 Å². The highest BCUT2D eigenvalue weighted by molar-refractivity contribution is 7.88. The summed E-state index contributed by atoms with van der Waals surface area (Å²) in [5.41, 5.74) is 2.11. The van der Waals surface area contributed by atoms with Crippen molar-refractivity contribution in [2.75, 3.05) is 6.26 Å². The van der Waals surface area contributed by atoms with E-state index < -0.39 is 16.0 Å². The third-order valence-corrected chi connectivity index (χ3v) is 4.43. The minimum Gasteiger partial charge on any atom is -0.478 e. The third-order valence-electron chi connectivity index (χ3n) is 3.77. The molecule has 0 bridgehead atoms. The Balaban J connectivity index is 2.33. The van der Waals surface area contributed by atoms with E-state index in [1.807, 2.05) is 30.3 Å². The fourth-order valence-electron chi connectivity index (χ4n) is 2.71. The zero-order chi connectivity index (χ0) is 18.0. The monoisotopic (exact) mass is 356 g/mol. The number of carboxylic acids is 1. The Bertz CT molecular complexity index is 1050. The normalized spacial score (nSPS) is 11.6. The third kappa shape index (κ3) is 3.67. The van der Waals surface area contributed by atoms with Gasteiger partial charge in [-0.05, 0) is 6.07 Å². The van der Waals surface area contributed by atoms with Crippen molar-refractivity contribution < 1.29 is 18.3 Å². The molecule has 128 valence electrons. The first-order valence-corrected chi connectivity index (χ1v) is 9.41. The van der Waals surface area contributed by atoms with Crippen LogP contribution in [0.3, 0.4) is 0 Å². The van der Waals surface area contributed by atoms with Crippen LogP contribution in [0.15, 0.2) is 54.6 Å². The van der Waals surface area contributed by atoms with Gasteiger partial charge in [-0.3, -0.25) is 0 Å². The quantitative estimate of drug-likeness (QED) is 0.733. The number of carboxylic acid groups (broad SMARTS) is 1. The largest absolute Gasteiger partial charge is 0.478 e. The van der Waals surface area contributed by atoms with Crippen molar-refractivity contribution in [2.24, 2.45) is 0 Å². The lowest BCUT2D eigenvalue weighted by atomic mass is 9.97. The zero-order valence-electron chi connectivity index (χ0n) is 13.4. The van der Waals surface area contributed by atoms with Crippen molar-refractivity contribution in [3.05, 3.63) is 65.7 Å². The molecule has 6 nitrogen and oxygen atoms in total. The molecule has 1 aromatic heterocycles. The molecule has 0 saturated heterocycles. The maximum atomic E-state index is 11.9. The number of hydrogen-bond donors (Lipinski definition) is 2. The molecule has 0 unspecified atom stereocenters. The lowest BCUT2D eigenvalue weighted by Crippen LogP contribution is -2.23. The van der Waals surface area contributed by atoms with E-state index in [0.29, 0.717) is 22.2 Å². The standard InChI is InChI=1S/C18H16N2O4S/c1-25(23,24)19-11-14-16(18(21)22)13-9-5-6-10-15(13)20-17(14)12-7-3-2-4-8-12/h2-10,19H,11H2,1H3,(H,21,22). The molecule has 0 aliphatic rings. The van der Waals surface area contributed by atoms with Crippen molar-refractivity contribution in [1.29, 1.82) is 0 Å². The van der Waals surface area contributed by atoms with Crippen molar-refractivity contribution in [3.8, 4) is 11.3 Å². The van der Waals surface area contributed by atoms with Crippen LogP contribution in [-0.4, -0.2) is 30.7 Å². The summed E-state index contributed by atoms with van der Waals surface area (Å²) in [6.45, 7) is -0.150. The average Bonchev–Trinajstić information content (AvgIpc) is 2.58. The summed E-state index contributed by atoms with van der Waals surface area (Å²) in [5.74, 6) is -1.12. The Kier molecular flexibility index (Phi) is 4.52. The molecule has 3 rings (SSSR count). The Morgan fingerprint density at radius 3 is 2.36 bits per heavy atom. The molecule has 0 spiro atoms. The number of para-hydroxylation sites is 1. The maximum absolute atomic E-state index is 11.9. The summed E-state index contributed by atoms with van der Waals surface area (Å²) in [6.07, 6.45) is 1.03. The van der Waals surface area contributed by atoms with Crippen LogP contribution >= 0.6 is 0 Å². The number of rotatable bonds is 5. The number of pyridine rings is 1. The molecule has 7 heteroatoms. The second-order valence-electron chi connectivity index (χ2n) is 5.60. The van der Waals surface area contributed by atoms with Crippen LogP contribution in [0.1, 0.15) is 15.9 Å². The Labute approximate surface area is 145 Å². The molecule has 1 heterocycles. The molecule has 0 aliphatic carbocycles. The number of aromatic carboxylic acids is 1. The summed E-state index contributed by atoms with van der Waals surface area (Å²) in [6, 6.07) is 16.0. The Morgan fingerprint density at radius 2 is 1.72 bits per heavy atom. The molecule has 0 atom stereocenters. The second kappa shape index (κ2) is 6.62. The average molecular weight is 356 g/mol. The minimum absolute atomic E-state index is 0.0561. The fraction of sp³-hybridized carbons (Fsp3) is 0.111. The minimum atomic E-state index is -3.49. The van der Waals surface area contributed by atoms with Crippen LogP contribution in [0.2, 0.25) is 0 Å². The van der Waals surface area contributed by atoms with Gasteiger partial charge in [-0.15, -0.1) is 0 Å². The van der Waals surface area contributed by atoms with E-state index >= 15 is 0 Å². The lowest BCUT2D eigenvalue weighted by Gasteiger charge is -2.15. The van der Waals surface area contributed by atoms with E-state index in [4.69, 9.17) is 0 Å². The van der Waals surface area contributed by atoms with Crippen LogP contribution in [0.25, 0.3) is 22.2 Å². The molecular formula is C18H16N2O4S. The summed E-state index contributed by atoms with van der Waals surface area (Å²) in [4.78, 5) is 16.5. The maximum Gasteiger partial charge on any atom is 0.336 e.